The van der Waals surface area contributed by atoms with Gasteiger partial charge in [-0.05, 0) is 37.1 Å². The van der Waals surface area contributed by atoms with Crippen LogP contribution in [0.25, 0.3) is 22.9 Å². The predicted molar refractivity (Wildman–Crippen MR) is 110 cm³/mol. The molecule has 0 N–H and O–H groups in total. The molecule has 142 valence electrons. The second-order valence-corrected chi connectivity index (χ2v) is 7.97. The van der Waals surface area contributed by atoms with Gasteiger partial charge in [0.15, 0.2) is 0 Å². The summed E-state index contributed by atoms with van der Waals surface area (Å²) in [5, 5.41) is 17.6. The van der Waals surface area contributed by atoms with E-state index in [2.05, 4.69) is 20.4 Å². The summed E-state index contributed by atoms with van der Waals surface area (Å²) in [6.07, 6.45) is 2.08. The lowest BCUT2D eigenvalue weighted by atomic mass is 10.2. The van der Waals surface area contributed by atoms with E-state index in [4.69, 9.17) is 8.83 Å². The third-order valence-electron chi connectivity index (χ3n) is 3.84. The fourth-order valence-electron chi connectivity index (χ4n) is 2.45. The van der Waals surface area contributed by atoms with Crippen molar-refractivity contribution in [3.63, 3.8) is 0 Å². The Labute approximate surface area is 171 Å². The van der Waals surface area contributed by atoms with E-state index in [1.165, 1.54) is 0 Å². The van der Waals surface area contributed by atoms with Crippen molar-refractivity contribution >= 4 is 23.5 Å². The Hall–Kier alpha value is -2.58. The summed E-state index contributed by atoms with van der Waals surface area (Å²) in [5.41, 5.74) is 1.88. The number of hydrogen-bond donors (Lipinski definition) is 0. The van der Waals surface area contributed by atoms with Crippen LogP contribution in [-0.2, 0) is 0 Å². The van der Waals surface area contributed by atoms with Crippen molar-refractivity contribution in [2.24, 2.45) is 0 Å². The minimum Gasteiger partial charge on any atom is -0.411 e. The number of rotatable bonds is 9. The molecule has 0 saturated heterocycles. The van der Waals surface area contributed by atoms with Crippen LogP contribution >= 0.6 is 23.5 Å². The topological polar surface area (TPSA) is 77.8 Å². The van der Waals surface area contributed by atoms with Gasteiger partial charge in [0.25, 0.3) is 10.4 Å². The summed E-state index contributed by atoms with van der Waals surface area (Å²) in [7, 11) is 0. The first-order valence-corrected chi connectivity index (χ1v) is 10.9. The second-order valence-electron chi connectivity index (χ2n) is 5.88. The van der Waals surface area contributed by atoms with Crippen LogP contribution in [0.15, 0.2) is 79.9 Å². The molecule has 0 amide bonds. The molecule has 0 unspecified atom stereocenters. The molecule has 0 saturated carbocycles. The van der Waals surface area contributed by atoms with E-state index in [1.807, 2.05) is 60.7 Å². The average molecular weight is 411 g/mol. The van der Waals surface area contributed by atoms with E-state index in [9.17, 15) is 0 Å². The average Bonchev–Trinajstić information content (AvgIpc) is 3.42. The molecule has 0 radical (unpaired) electrons. The lowest BCUT2D eigenvalue weighted by Gasteiger charge is -1.97. The van der Waals surface area contributed by atoms with E-state index in [1.54, 1.807) is 23.5 Å². The summed E-state index contributed by atoms with van der Waals surface area (Å²) in [4.78, 5) is 0. The molecule has 0 spiro atoms. The molecule has 2 aromatic heterocycles. The number of benzene rings is 2. The lowest BCUT2D eigenvalue weighted by molar-refractivity contribution is 0.465. The molecule has 0 aliphatic heterocycles. The van der Waals surface area contributed by atoms with E-state index >= 15 is 0 Å². The Morgan fingerprint density at radius 3 is 1.43 bits per heavy atom. The van der Waals surface area contributed by atoms with E-state index in [-0.39, 0.29) is 0 Å². The van der Waals surface area contributed by atoms with Gasteiger partial charge in [0, 0.05) is 22.6 Å². The Morgan fingerprint density at radius 1 is 0.571 bits per heavy atom. The van der Waals surface area contributed by atoms with Crippen molar-refractivity contribution in [2.45, 2.75) is 23.3 Å². The third-order valence-corrected chi connectivity index (χ3v) is 5.65. The van der Waals surface area contributed by atoms with Crippen LogP contribution in [0.2, 0.25) is 0 Å². The molecule has 0 aliphatic carbocycles. The first kappa shape index (κ1) is 18.8. The number of nitrogens with zero attached hydrogens (tertiary/aromatic N) is 4. The van der Waals surface area contributed by atoms with Gasteiger partial charge in [0.2, 0.25) is 11.8 Å². The summed E-state index contributed by atoms with van der Waals surface area (Å²) >= 11 is 3.17. The maximum absolute atomic E-state index is 5.69. The highest BCUT2D eigenvalue weighted by atomic mass is 32.2. The van der Waals surface area contributed by atoms with Crippen molar-refractivity contribution in [3.05, 3.63) is 60.7 Å². The largest absolute Gasteiger partial charge is 0.411 e. The maximum atomic E-state index is 5.69. The van der Waals surface area contributed by atoms with Crippen molar-refractivity contribution in [2.75, 3.05) is 11.5 Å². The van der Waals surface area contributed by atoms with Gasteiger partial charge in [-0.3, -0.25) is 0 Å². The first-order valence-electron chi connectivity index (χ1n) is 8.92. The highest BCUT2D eigenvalue weighted by molar-refractivity contribution is 7.99. The fraction of sp³-hybridized carbons (Fsp3) is 0.200. The standard InChI is InChI=1S/C20H18N4O2S2/c1-3-9-15(10-4-1)17-21-23-19(25-17)27-13-7-8-14-28-20-24-22-18(26-20)16-11-5-2-6-12-16/h1-6,9-12H,7-8,13-14H2. The van der Waals surface area contributed by atoms with Gasteiger partial charge < -0.3 is 8.83 Å². The number of thioether (sulfide) groups is 2. The molecular formula is C20H18N4O2S2. The van der Waals surface area contributed by atoms with Gasteiger partial charge in [-0.1, -0.05) is 59.9 Å². The van der Waals surface area contributed by atoms with Gasteiger partial charge in [-0.15, -0.1) is 20.4 Å². The summed E-state index contributed by atoms with van der Waals surface area (Å²) in [5.74, 6) is 2.97. The van der Waals surface area contributed by atoms with Crippen molar-refractivity contribution in [3.8, 4) is 22.9 Å². The molecule has 4 aromatic rings. The van der Waals surface area contributed by atoms with Crippen LogP contribution in [0.5, 0.6) is 0 Å². The van der Waals surface area contributed by atoms with E-state index in [0.29, 0.717) is 22.2 Å². The van der Waals surface area contributed by atoms with Crippen LogP contribution in [0.1, 0.15) is 12.8 Å². The van der Waals surface area contributed by atoms with Gasteiger partial charge in [0.05, 0.1) is 0 Å². The Balaban J connectivity index is 1.16. The second kappa shape index (κ2) is 9.57. The van der Waals surface area contributed by atoms with Crippen molar-refractivity contribution in [1.82, 2.24) is 20.4 Å². The van der Waals surface area contributed by atoms with Crippen LogP contribution in [0, 0.1) is 0 Å². The zero-order valence-electron chi connectivity index (χ0n) is 15.0. The molecular weight excluding hydrogens is 392 g/mol. The first-order chi connectivity index (χ1) is 13.9. The normalized spacial score (nSPS) is 11.0. The summed E-state index contributed by atoms with van der Waals surface area (Å²) in [6.45, 7) is 0. The highest BCUT2D eigenvalue weighted by Crippen LogP contribution is 2.25. The molecule has 2 heterocycles. The van der Waals surface area contributed by atoms with E-state index in [0.717, 1.165) is 35.5 Å². The number of aromatic nitrogens is 4. The zero-order chi connectivity index (χ0) is 19.0. The summed E-state index contributed by atoms with van der Waals surface area (Å²) in [6, 6.07) is 19.6. The van der Waals surface area contributed by atoms with Crippen LogP contribution in [0.3, 0.4) is 0 Å². The van der Waals surface area contributed by atoms with Gasteiger partial charge in [0.1, 0.15) is 0 Å². The minimum absolute atomic E-state index is 0.560. The lowest BCUT2D eigenvalue weighted by Crippen LogP contribution is -1.85. The van der Waals surface area contributed by atoms with Crippen LogP contribution < -0.4 is 0 Å². The highest BCUT2D eigenvalue weighted by Gasteiger charge is 2.10. The Morgan fingerprint density at radius 2 is 1.00 bits per heavy atom. The van der Waals surface area contributed by atoms with Gasteiger partial charge >= 0.3 is 0 Å². The molecule has 2 aromatic carbocycles. The third kappa shape index (κ3) is 5.02. The molecule has 0 bridgehead atoms. The molecule has 0 fully saturated rings. The van der Waals surface area contributed by atoms with Crippen molar-refractivity contribution < 1.29 is 8.83 Å². The van der Waals surface area contributed by atoms with Gasteiger partial charge in [-0.2, -0.15) is 0 Å². The molecule has 0 aliphatic rings. The quantitative estimate of drug-likeness (QED) is 0.266. The monoisotopic (exact) mass is 410 g/mol. The molecule has 28 heavy (non-hydrogen) atoms. The molecule has 0 atom stereocenters. The molecule has 8 heteroatoms. The Kier molecular flexibility index (Phi) is 6.41. The number of unbranched alkanes of at least 4 members (excludes halogenated alkanes) is 1. The SMILES string of the molecule is c1ccc(-c2nnc(SCCCCSc3nnc(-c4ccccc4)o3)o2)cc1. The predicted octanol–water partition coefficient (Wildman–Crippen LogP) is 5.45. The molecule has 4 rings (SSSR count). The smallest absolute Gasteiger partial charge is 0.276 e. The van der Waals surface area contributed by atoms with Crippen LogP contribution in [0.4, 0.5) is 0 Å². The number of hydrogen-bond acceptors (Lipinski definition) is 8. The van der Waals surface area contributed by atoms with E-state index < -0.39 is 0 Å². The Bertz CT molecular complexity index is 908. The summed E-state index contributed by atoms with van der Waals surface area (Å²) < 4.78 is 11.4. The van der Waals surface area contributed by atoms with Crippen molar-refractivity contribution in [1.29, 1.82) is 0 Å². The maximum Gasteiger partial charge on any atom is 0.276 e. The zero-order valence-corrected chi connectivity index (χ0v) is 16.7. The minimum atomic E-state index is 0.560. The molecule has 6 nitrogen and oxygen atoms in total. The van der Waals surface area contributed by atoms with Gasteiger partial charge in [-0.25, -0.2) is 0 Å². The fourth-order valence-corrected chi connectivity index (χ4v) is 3.97. The van der Waals surface area contributed by atoms with Crippen LogP contribution in [-0.4, -0.2) is 31.9 Å².